The molecular weight excluding hydrogens is 246 g/mol. The van der Waals surface area contributed by atoms with Crippen LogP contribution in [0.15, 0.2) is 30.5 Å². The minimum absolute atomic E-state index is 0.398. The van der Waals surface area contributed by atoms with E-state index in [0.717, 1.165) is 28.8 Å². The van der Waals surface area contributed by atoms with Gasteiger partial charge in [0.2, 0.25) is 0 Å². The first-order chi connectivity index (χ1) is 9.68. The second-order valence-corrected chi connectivity index (χ2v) is 6.33. The van der Waals surface area contributed by atoms with Crippen molar-refractivity contribution < 1.29 is 0 Å². The molecule has 1 heterocycles. The maximum Gasteiger partial charge on any atom is 0.0743 e. The Bertz CT molecular complexity index is 600. The molecule has 106 valence electrons. The van der Waals surface area contributed by atoms with Gasteiger partial charge in [-0.25, -0.2) is 0 Å². The predicted molar refractivity (Wildman–Crippen MR) is 85.8 cm³/mol. The number of rotatable bonds is 3. The van der Waals surface area contributed by atoms with Gasteiger partial charge < -0.3 is 11.1 Å². The molecule has 0 bridgehead atoms. The van der Waals surface area contributed by atoms with E-state index in [1.54, 1.807) is 6.20 Å². The predicted octanol–water partition coefficient (Wildman–Crippen LogP) is 4.20. The van der Waals surface area contributed by atoms with Crippen LogP contribution in [-0.4, -0.2) is 11.5 Å². The van der Waals surface area contributed by atoms with Crippen molar-refractivity contribution in [2.75, 3.05) is 17.6 Å². The zero-order valence-corrected chi connectivity index (χ0v) is 12.2. The highest BCUT2D eigenvalue weighted by Gasteiger charge is 2.26. The van der Waals surface area contributed by atoms with E-state index in [4.69, 9.17) is 5.73 Å². The quantitative estimate of drug-likeness (QED) is 0.878. The van der Waals surface area contributed by atoms with Gasteiger partial charge in [0.05, 0.1) is 23.1 Å². The van der Waals surface area contributed by atoms with E-state index in [9.17, 15) is 0 Å². The zero-order valence-electron chi connectivity index (χ0n) is 12.2. The third-order valence-corrected chi connectivity index (χ3v) is 4.56. The normalized spacial score (nSPS) is 18.1. The van der Waals surface area contributed by atoms with Crippen LogP contribution in [0.1, 0.15) is 39.0 Å². The number of benzene rings is 1. The average Bonchev–Trinajstić information content (AvgIpc) is 2.47. The monoisotopic (exact) mass is 269 g/mol. The largest absolute Gasteiger partial charge is 0.396 e. The Labute approximate surface area is 120 Å². The average molecular weight is 269 g/mol. The summed E-state index contributed by atoms with van der Waals surface area (Å²) in [5, 5.41) is 4.72. The lowest BCUT2D eigenvalue weighted by Gasteiger charge is -2.34. The standard InChI is InChI=1S/C17H23N3/c1-17(9-5-2-6-10-17)12-20-16-13-7-3-4-8-15(13)19-11-14(16)18/h3-4,7-8,11H,2,5-6,9-10,12,18H2,1H3,(H,19,20). The van der Waals surface area contributed by atoms with Gasteiger partial charge in [0.25, 0.3) is 0 Å². The Kier molecular flexibility index (Phi) is 3.51. The molecule has 3 heteroatoms. The summed E-state index contributed by atoms with van der Waals surface area (Å²) in [6.07, 6.45) is 8.46. The van der Waals surface area contributed by atoms with Crippen molar-refractivity contribution in [1.29, 1.82) is 0 Å². The van der Waals surface area contributed by atoms with E-state index in [-0.39, 0.29) is 0 Å². The van der Waals surface area contributed by atoms with E-state index in [1.165, 1.54) is 32.1 Å². The Hall–Kier alpha value is -1.77. The molecule has 0 unspecified atom stereocenters. The van der Waals surface area contributed by atoms with Crippen LogP contribution in [0.2, 0.25) is 0 Å². The molecule has 0 spiro atoms. The van der Waals surface area contributed by atoms with Gasteiger partial charge >= 0.3 is 0 Å². The van der Waals surface area contributed by atoms with E-state index in [2.05, 4.69) is 23.3 Å². The van der Waals surface area contributed by atoms with Crippen LogP contribution in [0.5, 0.6) is 0 Å². The fourth-order valence-electron chi connectivity index (χ4n) is 3.24. The summed E-state index contributed by atoms with van der Waals surface area (Å²) >= 11 is 0. The number of nitrogens with zero attached hydrogens (tertiary/aromatic N) is 1. The van der Waals surface area contributed by atoms with Crippen molar-refractivity contribution in [3.05, 3.63) is 30.5 Å². The van der Waals surface area contributed by atoms with Gasteiger partial charge in [-0.3, -0.25) is 4.98 Å². The van der Waals surface area contributed by atoms with E-state index >= 15 is 0 Å². The molecular formula is C17H23N3. The maximum atomic E-state index is 6.12. The third-order valence-electron chi connectivity index (χ3n) is 4.56. The first-order valence-electron chi connectivity index (χ1n) is 7.55. The van der Waals surface area contributed by atoms with Crippen LogP contribution in [0.4, 0.5) is 11.4 Å². The van der Waals surface area contributed by atoms with Crippen molar-refractivity contribution in [2.45, 2.75) is 39.0 Å². The SMILES string of the molecule is CC1(CNc2c(N)cnc3ccccc23)CCCCC1. The minimum Gasteiger partial charge on any atom is -0.396 e. The number of hydrogen-bond donors (Lipinski definition) is 2. The van der Waals surface area contributed by atoms with Crippen molar-refractivity contribution in [2.24, 2.45) is 5.41 Å². The summed E-state index contributed by atoms with van der Waals surface area (Å²) in [4.78, 5) is 4.39. The van der Waals surface area contributed by atoms with Crippen molar-refractivity contribution in [3.8, 4) is 0 Å². The molecule has 20 heavy (non-hydrogen) atoms. The molecule has 1 aliphatic carbocycles. The molecule has 0 atom stereocenters. The highest BCUT2D eigenvalue weighted by Crippen LogP contribution is 2.37. The first kappa shape index (κ1) is 13.2. The topological polar surface area (TPSA) is 50.9 Å². The van der Waals surface area contributed by atoms with Gasteiger partial charge in [0, 0.05) is 11.9 Å². The summed E-state index contributed by atoms with van der Waals surface area (Å²) < 4.78 is 0. The Morgan fingerprint density at radius 2 is 1.95 bits per heavy atom. The van der Waals surface area contributed by atoms with Gasteiger partial charge in [0.1, 0.15) is 0 Å². The number of para-hydroxylation sites is 1. The number of hydrogen-bond acceptors (Lipinski definition) is 3. The number of pyridine rings is 1. The molecule has 0 amide bonds. The van der Waals surface area contributed by atoms with Gasteiger partial charge in [-0.2, -0.15) is 0 Å². The summed E-state index contributed by atoms with van der Waals surface area (Å²) in [6.45, 7) is 3.38. The Morgan fingerprint density at radius 1 is 1.20 bits per heavy atom. The minimum atomic E-state index is 0.398. The fraction of sp³-hybridized carbons (Fsp3) is 0.471. The maximum absolute atomic E-state index is 6.12. The second kappa shape index (κ2) is 5.31. The summed E-state index contributed by atoms with van der Waals surface area (Å²) in [5.74, 6) is 0. The number of nitrogens with two attached hydrogens (primary N) is 1. The molecule has 1 fully saturated rings. The number of anilines is 2. The fourth-order valence-corrected chi connectivity index (χ4v) is 3.24. The molecule has 1 aromatic carbocycles. The number of fused-ring (bicyclic) bond motifs is 1. The lowest BCUT2D eigenvalue weighted by atomic mass is 9.75. The molecule has 0 saturated heterocycles. The van der Waals surface area contributed by atoms with Crippen LogP contribution >= 0.6 is 0 Å². The van der Waals surface area contributed by atoms with Crippen LogP contribution in [0.25, 0.3) is 10.9 Å². The van der Waals surface area contributed by atoms with Crippen molar-refractivity contribution in [3.63, 3.8) is 0 Å². The molecule has 2 aromatic rings. The van der Waals surface area contributed by atoms with Gasteiger partial charge in [0.15, 0.2) is 0 Å². The molecule has 0 radical (unpaired) electrons. The lowest BCUT2D eigenvalue weighted by molar-refractivity contribution is 0.233. The van der Waals surface area contributed by atoms with E-state index in [1.807, 2.05) is 18.2 Å². The van der Waals surface area contributed by atoms with Crippen molar-refractivity contribution >= 4 is 22.3 Å². The first-order valence-corrected chi connectivity index (χ1v) is 7.55. The van der Waals surface area contributed by atoms with Crippen LogP contribution in [-0.2, 0) is 0 Å². The molecule has 3 nitrogen and oxygen atoms in total. The Morgan fingerprint density at radius 3 is 2.75 bits per heavy atom. The van der Waals surface area contributed by atoms with Gasteiger partial charge in [-0.15, -0.1) is 0 Å². The number of nitrogens with one attached hydrogen (secondary N) is 1. The van der Waals surface area contributed by atoms with Crippen LogP contribution in [0, 0.1) is 5.41 Å². The van der Waals surface area contributed by atoms with Crippen LogP contribution in [0.3, 0.4) is 0 Å². The summed E-state index contributed by atoms with van der Waals surface area (Å²) in [7, 11) is 0. The summed E-state index contributed by atoms with van der Waals surface area (Å²) in [5.41, 5.74) is 9.30. The smallest absolute Gasteiger partial charge is 0.0743 e. The van der Waals surface area contributed by atoms with E-state index < -0.39 is 0 Å². The molecule has 0 aliphatic heterocycles. The highest BCUT2D eigenvalue weighted by atomic mass is 14.9. The van der Waals surface area contributed by atoms with Gasteiger partial charge in [-0.05, 0) is 24.3 Å². The molecule has 3 N–H and O–H groups in total. The third kappa shape index (κ3) is 2.58. The Balaban J connectivity index is 1.85. The summed E-state index contributed by atoms with van der Waals surface area (Å²) in [6, 6.07) is 8.17. The van der Waals surface area contributed by atoms with Crippen molar-refractivity contribution in [1.82, 2.24) is 4.98 Å². The number of aromatic nitrogens is 1. The van der Waals surface area contributed by atoms with Gasteiger partial charge in [-0.1, -0.05) is 44.4 Å². The molecule has 3 rings (SSSR count). The van der Waals surface area contributed by atoms with Crippen LogP contribution < -0.4 is 11.1 Å². The molecule has 1 aromatic heterocycles. The second-order valence-electron chi connectivity index (χ2n) is 6.33. The number of nitrogen functional groups attached to an aromatic ring is 1. The van der Waals surface area contributed by atoms with E-state index in [0.29, 0.717) is 5.41 Å². The highest BCUT2D eigenvalue weighted by molar-refractivity contribution is 5.96. The molecule has 1 aliphatic rings. The lowest BCUT2D eigenvalue weighted by Crippen LogP contribution is -2.29. The zero-order chi connectivity index (χ0) is 14.0. The molecule has 1 saturated carbocycles.